The average Bonchev–Trinajstić information content (AvgIpc) is 2.75. The molecule has 2 rings (SSSR count). The third-order valence-corrected chi connectivity index (χ3v) is 2.40. The summed E-state index contributed by atoms with van der Waals surface area (Å²) < 4.78 is 4.96. The second-order valence-electron chi connectivity index (χ2n) is 3.91. The van der Waals surface area contributed by atoms with Gasteiger partial charge in [-0.1, -0.05) is 5.16 Å². The molecule has 8 nitrogen and oxygen atoms in total. The molecule has 2 aromatic rings. The molecule has 0 aliphatic rings. The number of aryl methyl sites for hydroxylation is 2. The van der Waals surface area contributed by atoms with Gasteiger partial charge in [-0.15, -0.1) is 0 Å². The van der Waals surface area contributed by atoms with Crippen molar-refractivity contribution in [3.8, 4) is 0 Å². The molecule has 0 aliphatic heterocycles. The minimum Gasteiger partial charge on any atom is -0.478 e. The van der Waals surface area contributed by atoms with Crippen LogP contribution in [-0.2, 0) is 6.42 Å². The SMILES string of the molecule is Cc1noc(CCNc2ncc(C(=O)O)c(C)n2)n1. The topological polar surface area (TPSA) is 114 Å². The summed E-state index contributed by atoms with van der Waals surface area (Å²) in [5, 5.41) is 15.5. The predicted molar refractivity (Wildman–Crippen MR) is 65.0 cm³/mol. The first-order valence-corrected chi connectivity index (χ1v) is 5.66. The number of hydrogen-bond acceptors (Lipinski definition) is 7. The fourth-order valence-electron chi connectivity index (χ4n) is 1.49. The maximum absolute atomic E-state index is 10.8. The van der Waals surface area contributed by atoms with E-state index < -0.39 is 5.97 Å². The molecule has 0 fully saturated rings. The van der Waals surface area contributed by atoms with Crippen LogP contribution in [0.15, 0.2) is 10.7 Å². The Balaban J connectivity index is 1.93. The van der Waals surface area contributed by atoms with Crippen molar-refractivity contribution in [3.63, 3.8) is 0 Å². The molecule has 19 heavy (non-hydrogen) atoms. The molecular formula is C11H13N5O3. The fraction of sp³-hybridized carbons (Fsp3) is 0.364. The number of carboxylic acids is 1. The largest absolute Gasteiger partial charge is 0.478 e. The van der Waals surface area contributed by atoms with Gasteiger partial charge in [-0.2, -0.15) is 4.98 Å². The highest BCUT2D eigenvalue weighted by molar-refractivity contribution is 5.88. The third kappa shape index (κ3) is 3.24. The standard InChI is InChI=1S/C11H13N5O3/c1-6-8(10(17)18)5-13-11(14-6)12-4-3-9-15-7(2)16-19-9/h5H,3-4H2,1-2H3,(H,17,18)(H,12,13,14). The number of anilines is 1. The molecule has 0 aromatic carbocycles. The highest BCUT2D eigenvalue weighted by Gasteiger charge is 2.10. The number of aromatic nitrogens is 4. The zero-order valence-electron chi connectivity index (χ0n) is 10.5. The second kappa shape index (κ2) is 5.42. The van der Waals surface area contributed by atoms with Gasteiger partial charge >= 0.3 is 5.97 Å². The molecule has 0 bridgehead atoms. The molecule has 0 saturated carbocycles. The molecular weight excluding hydrogens is 250 g/mol. The number of rotatable bonds is 5. The van der Waals surface area contributed by atoms with E-state index in [1.165, 1.54) is 6.20 Å². The van der Waals surface area contributed by atoms with Gasteiger partial charge in [0.25, 0.3) is 0 Å². The van der Waals surface area contributed by atoms with Gasteiger partial charge in [0.1, 0.15) is 0 Å². The lowest BCUT2D eigenvalue weighted by atomic mass is 10.2. The minimum absolute atomic E-state index is 0.0954. The lowest BCUT2D eigenvalue weighted by Crippen LogP contribution is -2.11. The van der Waals surface area contributed by atoms with E-state index in [4.69, 9.17) is 9.63 Å². The number of carboxylic acid groups (broad SMARTS) is 1. The smallest absolute Gasteiger partial charge is 0.339 e. The quantitative estimate of drug-likeness (QED) is 0.815. The maximum atomic E-state index is 10.8. The number of carbonyl (C=O) groups is 1. The minimum atomic E-state index is -1.04. The normalized spacial score (nSPS) is 10.4. The van der Waals surface area contributed by atoms with Crippen molar-refractivity contribution < 1.29 is 14.4 Å². The first-order valence-electron chi connectivity index (χ1n) is 5.66. The van der Waals surface area contributed by atoms with E-state index in [0.29, 0.717) is 36.3 Å². The van der Waals surface area contributed by atoms with Gasteiger partial charge in [0, 0.05) is 19.2 Å². The molecule has 0 saturated heterocycles. The van der Waals surface area contributed by atoms with Crippen LogP contribution in [0, 0.1) is 13.8 Å². The monoisotopic (exact) mass is 263 g/mol. The first-order chi connectivity index (χ1) is 9.06. The Morgan fingerprint density at radius 1 is 1.42 bits per heavy atom. The third-order valence-electron chi connectivity index (χ3n) is 2.40. The van der Waals surface area contributed by atoms with Gasteiger partial charge in [-0.25, -0.2) is 14.8 Å². The van der Waals surface area contributed by atoms with Gasteiger partial charge in [-0.3, -0.25) is 0 Å². The molecule has 0 amide bonds. The predicted octanol–water partition coefficient (Wildman–Crippen LogP) is 0.829. The van der Waals surface area contributed by atoms with E-state index in [1.807, 2.05) is 0 Å². The molecule has 2 N–H and O–H groups in total. The molecule has 0 unspecified atom stereocenters. The molecule has 2 heterocycles. The van der Waals surface area contributed by atoms with E-state index in [0.717, 1.165) is 0 Å². The molecule has 8 heteroatoms. The lowest BCUT2D eigenvalue weighted by molar-refractivity contribution is 0.0695. The van der Waals surface area contributed by atoms with Crippen molar-refractivity contribution >= 4 is 11.9 Å². The Morgan fingerprint density at radius 3 is 2.79 bits per heavy atom. The molecule has 2 aromatic heterocycles. The highest BCUT2D eigenvalue weighted by atomic mass is 16.5. The molecule has 0 aliphatic carbocycles. The zero-order valence-corrected chi connectivity index (χ0v) is 10.5. The van der Waals surface area contributed by atoms with Gasteiger partial charge in [0.15, 0.2) is 5.82 Å². The first kappa shape index (κ1) is 12.9. The Kier molecular flexibility index (Phi) is 3.69. The van der Waals surface area contributed by atoms with Crippen LogP contribution < -0.4 is 5.32 Å². The van der Waals surface area contributed by atoms with Crippen molar-refractivity contribution in [2.24, 2.45) is 0 Å². The summed E-state index contributed by atoms with van der Waals surface area (Å²) in [7, 11) is 0. The van der Waals surface area contributed by atoms with Gasteiger partial charge in [-0.05, 0) is 13.8 Å². The van der Waals surface area contributed by atoms with E-state index in [9.17, 15) is 4.79 Å². The van der Waals surface area contributed by atoms with Crippen molar-refractivity contribution in [3.05, 3.63) is 29.2 Å². The number of nitrogens with zero attached hydrogens (tertiary/aromatic N) is 4. The summed E-state index contributed by atoms with van der Waals surface area (Å²) in [6.07, 6.45) is 1.83. The van der Waals surface area contributed by atoms with Crippen LogP contribution in [0.1, 0.15) is 27.8 Å². The fourth-order valence-corrected chi connectivity index (χ4v) is 1.49. The molecule has 100 valence electrons. The maximum Gasteiger partial charge on any atom is 0.339 e. The number of hydrogen-bond donors (Lipinski definition) is 2. The van der Waals surface area contributed by atoms with E-state index in [2.05, 4.69) is 25.4 Å². The molecule has 0 radical (unpaired) electrons. The van der Waals surface area contributed by atoms with Crippen molar-refractivity contribution in [2.75, 3.05) is 11.9 Å². The van der Waals surface area contributed by atoms with Crippen LogP contribution in [0.3, 0.4) is 0 Å². The Morgan fingerprint density at radius 2 is 2.21 bits per heavy atom. The van der Waals surface area contributed by atoms with E-state index in [-0.39, 0.29) is 5.56 Å². The Labute approximate surface area is 108 Å². The van der Waals surface area contributed by atoms with Gasteiger partial charge in [0.2, 0.25) is 11.8 Å². The van der Waals surface area contributed by atoms with Crippen LogP contribution in [-0.4, -0.2) is 37.7 Å². The Hall–Kier alpha value is -2.51. The summed E-state index contributed by atoms with van der Waals surface area (Å²) in [6, 6.07) is 0. The van der Waals surface area contributed by atoms with Crippen LogP contribution >= 0.6 is 0 Å². The molecule has 0 atom stereocenters. The van der Waals surface area contributed by atoms with Crippen molar-refractivity contribution in [2.45, 2.75) is 20.3 Å². The van der Waals surface area contributed by atoms with Gasteiger partial charge < -0.3 is 14.9 Å². The van der Waals surface area contributed by atoms with Gasteiger partial charge in [0.05, 0.1) is 11.3 Å². The summed E-state index contributed by atoms with van der Waals surface area (Å²) in [5.41, 5.74) is 0.511. The molecule has 0 spiro atoms. The number of aromatic carboxylic acids is 1. The summed E-state index contributed by atoms with van der Waals surface area (Å²) in [4.78, 5) is 22.9. The van der Waals surface area contributed by atoms with Crippen LogP contribution in [0.2, 0.25) is 0 Å². The van der Waals surface area contributed by atoms with Crippen molar-refractivity contribution in [1.82, 2.24) is 20.1 Å². The summed E-state index contributed by atoms with van der Waals surface area (Å²) in [5.74, 6) is 0.459. The van der Waals surface area contributed by atoms with E-state index in [1.54, 1.807) is 13.8 Å². The number of nitrogens with one attached hydrogen (secondary N) is 1. The summed E-state index contributed by atoms with van der Waals surface area (Å²) in [6.45, 7) is 3.89. The lowest BCUT2D eigenvalue weighted by Gasteiger charge is -2.05. The summed E-state index contributed by atoms with van der Waals surface area (Å²) >= 11 is 0. The van der Waals surface area contributed by atoms with Crippen molar-refractivity contribution in [1.29, 1.82) is 0 Å². The van der Waals surface area contributed by atoms with Crippen LogP contribution in [0.4, 0.5) is 5.95 Å². The Bertz CT molecular complexity index is 596. The second-order valence-corrected chi connectivity index (χ2v) is 3.91. The highest BCUT2D eigenvalue weighted by Crippen LogP contribution is 2.07. The zero-order chi connectivity index (χ0) is 13.8. The average molecular weight is 263 g/mol. The van der Waals surface area contributed by atoms with E-state index >= 15 is 0 Å². The van der Waals surface area contributed by atoms with Crippen LogP contribution in [0.25, 0.3) is 0 Å². The van der Waals surface area contributed by atoms with Crippen LogP contribution in [0.5, 0.6) is 0 Å².